The first-order valence-corrected chi connectivity index (χ1v) is 12.4. The zero-order valence-corrected chi connectivity index (χ0v) is 22.0. The third-order valence-electron chi connectivity index (χ3n) is 6.10. The Labute approximate surface area is 218 Å². The van der Waals surface area contributed by atoms with Gasteiger partial charge < -0.3 is 24.4 Å². The summed E-state index contributed by atoms with van der Waals surface area (Å²) >= 11 is 0. The average molecular weight is 503 g/mol. The van der Waals surface area contributed by atoms with E-state index in [1.807, 2.05) is 70.3 Å². The zero-order chi connectivity index (χ0) is 26.6. The molecule has 3 aromatic carbocycles. The van der Waals surface area contributed by atoms with E-state index in [1.165, 1.54) is 7.11 Å². The van der Waals surface area contributed by atoms with Crippen LogP contribution in [0.5, 0.6) is 5.75 Å². The molecule has 0 radical (unpaired) electrons. The fraction of sp³-hybridized carbons (Fsp3) is 0.333. The first-order chi connectivity index (χ1) is 17.6. The van der Waals surface area contributed by atoms with Gasteiger partial charge in [0.05, 0.1) is 25.8 Å². The average Bonchev–Trinajstić information content (AvgIpc) is 2.87. The van der Waals surface area contributed by atoms with E-state index < -0.39 is 11.7 Å². The Hall–Kier alpha value is -4.00. The van der Waals surface area contributed by atoms with E-state index in [4.69, 9.17) is 14.2 Å². The lowest BCUT2D eigenvalue weighted by Gasteiger charge is -2.35. The van der Waals surface area contributed by atoms with Gasteiger partial charge in [0.25, 0.3) is 0 Å². The van der Waals surface area contributed by atoms with E-state index in [2.05, 4.69) is 34.5 Å². The van der Waals surface area contributed by atoms with E-state index in [9.17, 15) is 9.59 Å². The number of nitrogens with one attached hydrogen (secondary N) is 1. The van der Waals surface area contributed by atoms with Crippen molar-refractivity contribution in [2.45, 2.75) is 45.4 Å². The van der Waals surface area contributed by atoms with Crippen LogP contribution < -0.4 is 15.0 Å². The number of amides is 1. The molecule has 37 heavy (non-hydrogen) atoms. The van der Waals surface area contributed by atoms with Gasteiger partial charge in [-0.2, -0.15) is 0 Å². The van der Waals surface area contributed by atoms with Crippen LogP contribution in [-0.2, 0) is 27.2 Å². The molecule has 0 bridgehead atoms. The molecule has 0 saturated carbocycles. The first kappa shape index (κ1) is 26.1. The van der Waals surface area contributed by atoms with Crippen LogP contribution in [0.2, 0.25) is 0 Å². The van der Waals surface area contributed by atoms with E-state index in [0.29, 0.717) is 18.8 Å². The minimum absolute atomic E-state index is 0.157. The summed E-state index contributed by atoms with van der Waals surface area (Å²) in [5, 5.41) is 2.81. The number of nitrogens with zero attached hydrogens (tertiary/aromatic N) is 1. The van der Waals surface area contributed by atoms with Crippen molar-refractivity contribution in [2.24, 2.45) is 0 Å². The summed E-state index contributed by atoms with van der Waals surface area (Å²) in [4.78, 5) is 26.1. The predicted molar refractivity (Wildman–Crippen MR) is 144 cm³/mol. The van der Waals surface area contributed by atoms with Crippen LogP contribution in [0.3, 0.4) is 0 Å². The minimum Gasteiger partial charge on any atom is -0.481 e. The third kappa shape index (κ3) is 6.61. The number of fused-ring (bicyclic) bond motifs is 1. The molecular formula is C30H34N2O5. The summed E-state index contributed by atoms with van der Waals surface area (Å²) < 4.78 is 16.7. The zero-order valence-electron chi connectivity index (χ0n) is 22.0. The van der Waals surface area contributed by atoms with Gasteiger partial charge in [-0.15, -0.1) is 0 Å². The largest absolute Gasteiger partial charge is 0.481 e. The molecule has 7 heteroatoms. The lowest BCUT2D eigenvalue weighted by atomic mass is 9.98. The number of hydrogen-bond donors (Lipinski definition) is 1. The molecule has 0 fully saturated rings. The lowest BCUT2D eigenvalue weighted by Crippen LogP contribution is -2.32. The van der Waals surface area contributed by atoms with E-state index in [0.717, 1.165) is 33.5 Å². The molecule has 1 N–H and O–H groups in total. The van der Waals surface area contributed by atoms with Gasteiger partial charge in [0.2, 0.25) is 0 Å². The maximum absolute atomic E-state index is 12.0. The molecule has 194 valence electrons. The second-order valence-electron chi connectivity index (χ2n) is 10.2. The molecule has 1 aliphatic rings. The number of anilines is 1. The Morgan fingerprint density at radius 3 is 2.46 bits per heavy atom. The van der Waals surface area contributed by atoms with Crippen molar-refractivity contribution in [3.05, 3.63) is 83.4 Å². The fourth-order valence-corrected chi connectivity index (χ4v) is 4.34. The number of methoxy groups -OCH3 is 1. The molecule has 3 aromatic rings. The molecule has 0 aromatic heterocycles. The fourth-order valence-electron chi connectivity index (χ4n) is 4.34. The Balaban J connectivity index is 1.53. The monoisotopic (exact) mass is 502 g/mol. The van der Waals surface area contributed by atoms with Gasteiger partial charge in [0, 0.05) is 19.2 Å². The highest BCUT2D eigenvalue weighted by Crippen LogP contribution is 2.40. The van der Waals surface area contributed by atoms with Gasteiger partial charge in [0.15, 0.2) is 0 Å². The molecule has 7 nitrogen and oxygen atoms in total. The number of carbonyl (C=O) groups excluding carboxylic acids is 2. The number of hydrogen-bond acceptors (Lipinski definition) is 6. The number of rotatable bonds is 6. The SMILES string of the molecule is COC(=O)Cc1cccc2c1OC(c1cccc(-c3cccc(CNC(=O)OC(C)(C)C)c3)c1)CN2C. The van der Waals surface area contributed by atoms with Crippen LogP contribution in [0.25, 0.3) is 11.1 Å². The van der Waals surface area contributed by atoms with Crippen LogP contribution in [0.15, 0.2) is 66.7 Å². The molecule has 4 rings (SSSR count). The molecule has 0 spiro atoms. The first-order valence-electron chi connectivity index (χ1n) is 12.4. The molecule has 1 atom stereocenters. The van der Waals surface area contributed by atoms with Gasteiger partial charge in [-0.25, -0.2) is 4.79 Å². The number of carbonyl (C=O) groups is 2. The molecule has 1 aliphatic heterocycles. The molecule has 0 aliphatic carbocycles. The van der Waals surface area contributed by atoms with Crippen LogP contribution in [-0.4, -0.2) is 38.4 Å². The van der Waals surface area contributed by atoms with Crippen LogP contribution in [0.1, 0.15) is 43.6 Å². The van der Waals surface area contributed by atoms with Gasteiger partial charge >= 0.3 is 12.1 Å². The van der Waals surface area contributed by atoms with Crippen LogP contribution >= 0.6 is 0 Å². The van der Waals surface area contributed by atoms with Crippen molar-refractivity contribution >= 4 is 17.7 Å². The molecule has 1 unspecified atom stereocenters. The smallest absolute Gasteiger partial charge is 0.407 e. The number of likely N-dealkylation sites (N-methyl/N-ethyl adjacent to an activating group) is 1. The number of alkyl carbamates (subject to hydrolysis) is 1. The number of para-hydroxylation sites is 1. The predicted octanol–water partition coefficient (Wildman–Crippen LogP) is 5.66. The number of ether oxygens (including phenoxy) is 3. The van der Waals surface area contributed by atoms with Crippen molar-refractivity contribution in [1.29, 1.82) is 0 Å². The summed E-state index contributed by atoms with van der Waals surface area (Å²) in [6.45, 7) is 6.57. The third-order valence-corrected chi connectivity index (χ3v) is 6.10. The van der Waals surface area contributed by atoms with Gasteiger partial charge in [-0.05, 0) is 61.2 Å². The van der Waals surface area contributed by atoms with Crippen LogP contribution in [0.4, 0.5) is 10.5 Å². The second-order valence-corrected chi connectivity index (χ2v) is 10.2. The summed E-state index contributed by atoms with van der Waals surface area (Å²) in [6.07, 6.45) is -0.483. The molecule has 1 amide bonds. The van der Waals surface area contributed by atoms with Crippen molar-refractivity contribution < 1.29 is 23.8 Å². The van der Waals surface area contributed by atoms with Crippen molar-refractivity contribution in [2.75, 3.05) is 25.6 Å². The van der Waals surface area contributed by atoms with Gasteiger partial charge in [-0.3, -0.25) is 4.79 Å². The van der Waals surface area contributed by atoms with E-state index in [1.54, 1.807) is 0 Å². The van der Waals surface area contributed by atoms with Crippen LogP contribution in [0, 0.1) is 0 Å². The van der Waals surface area contributed by atoms with Crippen molar-refractivity contribution in [1.82, 2.24) is 5.32 Å². The van der Waals surface area contributed by atoms with Gasteiger partial charge in [-0.1, -0.05) is 48.5 Å². The summed E-state index contributed by atoms with van der Waals surface area (Å²) in [5.41, 5.74) is 5.34. The Morgan fingerprint density at radius 1 is 1.03 bits per heavy atom. The second kappa shape index (κ2) is 10.9. The highest BCUT2D eigenvalue weighted by molar-refractivity contribution is 5.76. The quantitative estimate of drug-likeness (QED) is 0.438. The normalized spacial score (nSPS) is 14.8. The maximum atomic E-state index is 12.0. The lowest BCUT2D eigenvalue weighted by molar-refractivity contribution is -0.139. The van der Waals surface area contributed by atoms with Crippen molar-refractivity contribution in [3.63, 3.8) is 0 Å². The summed E-state index contributed by atoms with van der Waals surface area (Å²) in [7, 11) is 3.42. The molecule has 1 heterocycles. The summed E-state index contributed by atoms with van der Waals surface area (Å²) in [6, 6.07) is 22.2. The standard InChI is InChI=1S/C30H34N2O5/c1-30(2,3)37-29(34)31-18-20-9-6-10-21(15-20)22-11-7-12-23(16-22)26-19-32(4)25-14-8-13-24(28(25)36-26)17-27(33)35-5/h6-16,26H,17-19H2,1-5H3,(H,31,34). The highest BCUT2D eigenvalue weighted by Gasteiger charge is 2.27. The van der Waals surface area contributed by atoms with E-state index >= 15 is 0 Å². The Kier molecular flexibility index (Phi) is 7.71. The highest BCUT2D eigenvalue weighted by atomic mass is 16.6. The summed E-state index contributed by atoms with van der Waals surface area (Å²) in [5.74, 6) is 0.414. The Morgan fingerprint density at radius 2 is 1.73 bits per heavy atom. The van der Waals surface area contributed by atoms with Gasteiger partial charge in [0.1, 0.15) is 17.5 Å². The minimum atomic E-state index is -0.539. The number of benzene rings is 3. The topological polar surface area (TPSA) is 77.1 Å². The molecular weight excluding hydrogens is 468 g/mol. The number of esters is 1. The maximum Gasteiger partial charge on any atom is 0.407 e. The van der Waals surface area contributed by atoms with E-state index in [-0.39, 0.29) is 18.5 Å². The van der Waals surface area contributed by atoms with Crippen molar-refractivity contribution in [3.8, 4) is 16.9 Å². The molecule has 0 saturated heterocycles. The Bertz CT molecular complexity index is 1280.